The van der Waals surface area contributed by atoms with Crippen LogP contribution in [0.4, 0.5) is 0 Å². The highest BCUT2D eigenvalue weighted by Gasteiger charge is 2.18. The van der Waals surface area contributed by atoms with Crippen LogP contribution in [0.1, 0.15) is 50.2 Å². The first-order valence-corrected chi connectivity index (χ1v) is 11.7. The normalized spacial score (nSPS) is 21.0. The summed E-state index contributed by atoms with van der Waals surface area (Å²) in [5.41, 5.74) is 2.35. The van der Waals surface area contributed by atoms with Gasteiger partial charge in [-0.05, 0) is 76.2 Å². The third kappa shape index (κ3) is 7.17. The summed E-state index contributed by atoms with van der Waals surface area (Å²) < 4.78 is 11.8. The van der Waals surface area contributed by atoms with Crippen LogP contribution in [0, 0.1) is 12.8 Å². The maximum Gasteiger partial charge on any atom is 0.191 e. The number of hydrogen-bond acceptors (Lipinski definition) is 4. The second-order valence-corrected chi connectivity index (χ2v) is 8.58. The molecule has 168 valence electrons. The molecule has 6 nitrogen and oxygen atoms in total. The van der Waals surface area contributed by atoms with Gasteiger partial charge < -0.3 is 25.0 Å². The highest BCUT2D eigenvalue weighted by atomic mass is 16.5. The third-order valence-corrected chi connectivity index (χ3v) is 6.34. The lowest BCUT2D eigenvalue weighted by Crippen LogP contribution is -2.39. The van der Waals surface area contributed by atoms with Gasteiger partial charge in [-0.3, -0.25) is 4.99 Å². The molecule has 6 heteroatoms. The van der Waals surface area contributed by atoms with Crippen LogP contribution in [-0.2, 0) is 11.3 Å². The predicted octanol–water partition coefficient (Wildman–Crippen LogP) is 3.34. The van der Waals surface area contributed by atoms with Crippen molar-refractivity contribution in [3.63, 3.8) is 0 Å². The van der Waals surface area contributed by atoms with Gasteiger partial charge in [-0.2, -0.15) is 0 Å². The Labute approximate surface area is 182 Å². The summed E-state index contributed by atoms with van der Waals surface area (Å²) in [5.74, 6) is 2.62. The fourth-order valence-corrected chi connectivity index (χ4v) is 4.29. The van der Waals surface area contributed by atoms with Gasteiger partial charge in [0.2, 0.25) is 0 Å². The Kier molecular flexibility index (Phi) is 9.27. The van der Waals surface area contributed by atoms with Crippen LogP contribution in [0.2, 0.25) is 0 Å². The minimum absolute atomic E-state index is 0.227. The molecule has 1 atom stereocenters. The predicted molar refractivity (Wildman–Crippen MR) is 123 cm³/mol. The van der Waals surface area contributed by atoms with E-state index in [-0.39, 0.29) is 6.10 Å². The molecule has 2 saturated heterocycles. The summed E-state index contributed by atoms with van der Waals surface area (Å²) in [7, 11) is 1.83. The van der Waals surface area contributed by atoms with Crippen LogP contribution in [0.5, 0.6) is 5.75 Å². The van der Waals surface area contributed by atoms with Crippen molar-refractivity contribution in [2.45, 2.75) is 58.6 Å². The van der Waals surface area contributed by atoms with Crippen LogP contribution in [0.25, 0.3) is 0 Å². The Hall–Kier alpha value is -1.79. The number of guanidine groups is 1. The van der Waals surface area contributed by atoms with Gasteiger partial charge in [0, 0.05) is 32.3 Å². The highest BCUT2D eigenvalue weighted by molar-refractivity contribution is 5.79. The second-order valence-electron chi connectivity index (χ2n) is 8.58. The molecule has 2 heterocycles. The van der Waals surface area contributed by atoms with Crippen LogP contribution >= 0.6 is 0 Å². The van der Waals surface area contributed by atoms with E-state index in [1.807, 2.05) is 7.05 Å². The fourth-order valence-electron chi connectivity index (χ4n) is 4.29. The molecule has 0 bridgehead atoms. The fraction of sp³-hybridized carbons (Fsp3) is 0.708. The van der Waals surface area contributed by atoms with Gasteiger partial charge in [-0.1, -0.05) is 19.1 Å². The van der Waals surface area contributed by atoms with E-state index in [1.165, 1.54) is 44.5 Å². The van der Waals surface area contributed by atoms with Crippen LogP contribution < -0.4 is 15.4 Å². The topological polar surface area (TPSA) is 58.1 Å². The van der Waals surface area contributed by atoms with Crippen molar-refractivity contribution in [3.8, 4) is 5.75 Å². The summed E-state index contributed by atoms with van der Waals surface area (Å²) >= 11 is 0. The van der Waals surface area contributed by atoms with Crippen molar-refractivity contribution in [1.82, 2.24) is 15.5 Å². The third-order valence-electron chi connectivity index (χ3n) is 6.34. The minimum Gasteiger partial charge on any atom is -0.491 e. The number of rotatable bonds is 9. The van der Waals surface area contributed by atoms with Crippen molar-refractivity contribution < 1.29 is 9.47 Å². The summed E-state index contributed by atoms with van der Waals surface area (Å²) in [6.07, 6.45) is 6.29. The molecule has 0 amide bonds. The van der Waals surface area contributed by atoms with E-state index in [4.69, 9.17) is 9.47 Å². The quantitative estimate of drug-likeness (QED) is 0.478. The molecule has 3 rings (SSSR count). The van der Waals surface area contributed by atoms with Gasteiger partial charge in [-0.15, -0.1) is 0 Å². The average molecular weight is 417 g/mol. The number of hydrogen-bond donors (Lipinski definition) is 2. The lowest BCUT2D eigenvalue weighted by molar-refractivity contribution is 0.0676. The number of likely N-dealkylation sites (tertiary alicyclic amines) is 1. The SMILES string of the molecule is CCN1CCC(CCNC(=NC)NCc2ccc(C)cc2OCC2CCCO2)CC1. The zero-order valence-corrected chi connectivity index (χ0v) is 19.1. The molecule has 0 spiro atoms. The maximum atomic E-state index is 6.12. The summed E-state index contributed by atoms with van der Waals surface area (Å²) in [6, 6.07) is 6.39. The molecule has 1 aromatic rings. The molecule has 0 saturated carbocycles. The molecule has 1 aromatic carbocycles. The molecule has 0 radical (unpaired) electrons. The number of aliphatic imine (C=N–C) groups is 1. The lowest BCUT2D eigenvalue weighted by Gasteiger charge is -2.31. The minimum atomic E-state index is 0.227. The van der Waals surface area contributed by atoms with E-state index < -0.39 is 0 Å². The van der Waals surface area contributed by atoms with E-state index >= 15 is 0 Å². The molecule has 2 fully saturated rings. The average Bonchev–Trinajstić information content (AvgIpc) is 3.29. The van der Waals surface area contributed by atoms with Gasteiger partial charge in [-0.25, -0.2) is 0 Å². The standard InChI is InChI=1S/C24H40N4O2/c1-4-28-13-10-20(11-14-28)9-12-26-24(25-3)27-17-21-8-7-19(2)16-23(21)30-18-22-6-5-15-29-22/h7-8,16,20,22H,4-6,9-15,17-18H2,1-3H3,(H2,25,26,27). The smallest absolute Gasteiger partial charge is 0.191 e. The maximum absolute atomic E-state index is 6.12. The Morgan fingerprint density at radius 2 is 2.07 bits per heavy atom. The Morgan fingerprint density at radius 3 is 2.77 bits per heavy atom. The van der Waals surface area contributed by atoms with Crippen LogP contribution in [0.15, 0.2) is 23.2 Å². The number of benzene rings is 1. The largest absolute Gasteiger partial charge is 0.491 e. The van der Waals surface area contributed by atoms with Gasteiger partial charge in [0.25, 0.3) is 0 Å². The summed E-state index contributed by atoms with van der Waals surface area (Å²) in [5, 5.41) is 6.93. The number of nitrogens with one attached hydrogen (secondary N) is 2. The first-order chi connectivity index (χ1) is 14.7. The zero-order valence-electron chi connectivity index (χ0n) is 19.1. The molecule has 0 aliphatic carbocycles. The zero-order chi connectivity index (χ0) is 21.2. The van der Waals surface area contributed by atoms with Crippen molar-refractivity contribution in [2.75, 3.05) is 46.4 Å². The molecule has 2 N–H and O–H groups in total. The van der Waals surface area contributed by atoms with Crippen molar-refractivity contribution in [3.05, 3.63) is 29.3 Å². The number of aryl methyl sites for hydroxylation is 1. The van der Waals surface area contributed by atoms with Crippen LogP contribution in [-0.4, -0.2) is 63.4 Å². The number of nitrogens with zero attached hydrogens (tertiary/aromatic N) is 2. The lowest BCUT2D eigenvalue weighted by atomic mass is 9.93. The van der Waals surface area contributed by atoms with Crippen molar-refractivity contribution >= 4 is 5.96 Å². The van der Waals surface area contributed by atoms with Gasteiger partial charge in [0.05, 0.1) is 6.10 Å². The molecule has 2 aliphatic heterocycles. The summed E-state index contributed by atoms with van der Waals surface area (Å²) in [6.45, 7) is 11.2. The highest BCUT2D eigenvalue weighted by Crippen LogP contribution is 2.22. The van der Waals surface area contributed by atoms with Crippen molar-refractivity contribution in [2.24, 2.45) is 10.9 Å². The van der Waals surface area contributed by atoms with E-state index in [2.05, 4.69) is 52.6 Å². The molecular formula is C24H40N4O2. The molecule has 1 unspecified atom stereocenters. The van der Waals surface area contributed by atoms with E-state index in [0.717, 1.165) is 49.2 Å². The monoisotopic (exact) mass is 416 g/mol. The summed E-state index contributed by atoms with van der Waals surface area (Å²) in [4.78, 5) is 6.94. The number of piperidine rings is 1. The Balaban J connectivity index is 1.42. The van der Waals surface area contributed by atoms with Crippen molar-refractivity contribution in [1.29, 1.82) is 0 Å². The first-order valence-electron chi connectivity index (χ1n) is 11.7. The first kappa shape index (κ1) is 22.9. The van der Waals surface area contributed by atoms with E-state index in [0.29, 0.717) is 13.2 Å². The van der Waals surface area contributed by atoms with E-state index in [1.54, 1.807) is 0 Å². The molecule has 0 aromatic heterocycles. The Morgan fingerprint density at radius 1 is 1.23 bits per heavy atom. The molecule has 30 heavy (non-hydrogen) atoms. The van der Waals surface area contributed by atoms with Gasteiger partial charge in [0.1, 0.15) is 12.4 Å². The molecule has 2 aliphatic rings. The van der Waals surface area contributed by atoms with Gasteiger partial charge >= 0.3 is 0 Å². The number of ether oxygens (including phenoxy) is 2. The van der Waals surface area contributed by atoms with E-state index in [9.17, 15) is 0 Å². The Bertz CT molecular complexity index is 665. The molecular weight excluding hydrogens is 376 g/mol. The van der Waals surface area contributed by atoms with Crippen LogP contribution in [0.3, 0.4) is 0 Å². The second kappa shape index (κ2) is 12.2. The van der Waals surface area contributed by atoms with Gasteiger partial charge in [0.15, 0.2) is 5.96 Å².